The van der Waals surface area contributed by atoms with Crippen LogP contribution >= 0.6 is 0 Å². The van der Waals surface area contributed by atoms with Crippen LogP contribution in [0.3, 0.4) is 0 Å². The predicted octanol–water partition coefficient (Wildman–Crippen LogP) is 4.91. The van der Waals surface area contributed by atoms with Crippen molar-refractivity contribution in [3.63, 3.8) is 0 Å². The van der Waals surface area contributed by atoms with Crippen LogP contribution < -0.4 is 14.2 Å². The lowest BCUT2D eigenvalue weighted by Crippen LogP contribution is -2.42. The Labute approximate surface area is 224 Å². The molecule has 1 amide bonds. The second-order valence-electron chi connectivity index (χ2n) is 10.8. The lowest BCUT2D eigenvalue weighted by Gasteiger charge is -2.31. The second-order valence-corrected chi connectivity index (χ2v) is 10.8. The molecular formula is C29H38N2O7. The number of carbonyl (C=O) groups is 2. The van der Waals surface area contributed by atoms with Crippen LogP contribution in [0.1, 0.15) is 57.2 Å². The third-order valence-corrected chi connectivity index (χ3v) is 6.97. The molecule has 0 radical (unpaired) electrons. The second kappa shape index (κ2) is 11.5. The molecule has 9 heteroatoms. The predicted molar refractivity (Wildman–Crippen MR) is 142 cm³/mol. The number of hydrogen-bond donors (Lipinski definition) is 1. The number of hydrogen-bond acceptors (Lipinski definition) is 7. The molecule has 0 aromatic heterocycles. The van der Waals surface area contributed by atoms with Gasteiger partial charge in [-0.2, -0.15) is 0 Å². The fraction of sp³-hybridized carbons (Fsp3) is 0.517. The first-order chi connectivity index (χ1) is 18.1. The van der Waals surface area contributed by atoms with Gasteiger partial charge in [-0.05, 0) is 62.6 Å². The van der Waals surface area contributed by atoms with Crippen molar-refractivity contribution >= 4 is 12.1 Å². The molecule has 0 aliphatic carbocycles. The van der Waals surface area contributed by atoms with Crippen LogP contribution in [-0.2, 0) is 9.53 Å². The third kappa shape index (κ3) is 6.15. The summed E-state index contributed by atoms with van der Waals surface area (Å²) in [5, 5.41) is 10.5. The van der Waals surface area contributed by atoms with Crippen LogP contribution in [0, 0.1) is 5.92 Å². The van der Waals surface area contributed by atoms with Gasteiger partial charge in [-0.15, -0.1) is 0 Å². The van der Waals surface area contributed by atoms with Crippen LogP contribution in [-0.4, -0.2) is 72.7 Å². The Hall–Kier alpha value is -3.46. The highest BCUT2D eigenvalue weighted by molar-refractivity contribution is 5.74. The van der Waals surface area contributed by atoms with Crippen molar-refractivity contribution in [1.29, 1.82) is 0 Å². The zero-order valence-corrected chi connectivity index (χ0v) is 22.8. The summed E-state index contributed by atoms with van der Waals surface area (Å²) in [5.74, 6) is 0.144. The lowest BCUT2D eigenvalue weighted by molar-refractivity contribution is -0.143. The van der Waals surface area contributed by atoms with E-state index in [2.05, 4.69) is 4.90 Å². The van der Waals surface area contributed by atoms with Crippen LogP contribution in [0.4, 0.5) is 4.79 Å². The summed E-state index contributed by atoms with van der Waals surface area (Å²) >= 11 is 0. The SMILES string of the molecule is CCCN(CCN1CC(c2ccc3c(c2)OCO3)C(C(=O)O)C1c1ccc(OC)cc1)C(=O)OC(C)(C)C. The van der Waals surface area contributed by atoms with Gasteiger partial charge in [-0.3, -0.25) is 9.69 Å². The number of nitrogens with zero attached hydrogens (tertiary/aromatic N) is 2. The first kappa shape index (κ1) is 27.6. The minimum absolute atomic E-state index is 0.157. The van der Waals surface area contributed by atoms with Gasteiger partial charge in [0.15, 0.2) is 11.5 Å². The number of carboxylic acids is 1. The van der Waals surface area contributed by atoms with Gasteiger partial charge >= 0.3 is 12.1 Å². The molecule has 2 aromatic carbocycles. The molecule has 206 valence electrons. The molecule has 1 fully saturated rings. The van der Waals surface area contributed by atoms with E-state index in [1.165, 1.54) is 0 Å². The van der Waals surface area contributed by atoms with Crippen LogP contribution in [0.25, 0.3) is 0 Å². The molecule has 38 heavy (non-hydrogen) atoms. The lowest BCUT2D eigenvalue weighted by atomic mass is 9.82. The van der Waals surface area contributed by atoms with Crippen molar-refractivity contribution in [3.8, 4) is 17.2 Å². The van der Waals surface area contributed by atoms with E-state index in [9.17, 15) is 14.7 Å². The van der Waals surface area contributed by atoms with Gasteiger partial charge in [0, 0.05) is 38.1 Å². The van der Waals surface area contributed by atoms with Crippen LogP contribution in [0.5, 0.6) is 17.2 Å². The number of carboxylic acid groups (broad SMARTS) is 1. The highest BCUT2D eigenvalue weighted by Crippen LogP contribution is 2.47. The Morgan fingerprint density at radius 2 is 1.74 bits per heavy atom. The molecule has 0 saturated carbocycles. The van der Waals surface area contributed by atoms with Crippen molar-refractivity contribution in [2.24, 2.45) is 5.92 Å². The zero-order chi connectivity index (χ0) is 27.4. The van der Waals surface area contributed by atoms with Gasteiger partial charge < -0.3 is 29.0 Å². The number of aliphatic carboxylic acids is 1. The van der Waals surface area contributed by atoms with Gasteiger partial charge in [0.1, 0.15) is 11.4 Å². The molecule has 2 aliphatic heterocycles. The van der Waals surface area contributed by atoms with E-state index in [-0.39, 0.29) is 18.8 Å². The number of methoxy groups -OCH3 is 1. The maximum atomic E-state index is 12.9. The number of likely N-dealkylation sites (tertiary alicyclic amines) is 1. The summed E-state index contributed by atoms with van der Waals surface area (Å²) in [6.45, 7) is 9.73. The molecule has 3 unspecified atom stereocenters. The Morgan fingerprint density at radius 3 is 2.37 bits per heavy atom. The average molecular weight is 527 g/mol. The molecule has 4 rings (SSSR count). The Bertz CT molecular complexity index is 1130. The van der Waals surface area contributed by atoms with E-state index in [1.54, 1.807) is 12.0 Å². The number of fused-ring (bicyclic) bond motifs is 1. The molecule has 0 spiro atoms. The number of benzene rings is 2. The largest absolute Gasteiger partial charge is 0.497 e. The summed E-state index contributed by atoms with van der Waals surface area (Å²) in [6, 6.07) is 12.8. The van der Waals surface area contributed by atoms with Gasteiger partial charge in [-0.25, -0.2) is 4.79 Å². The maximum absolute atomic E-state index is 12.9. The van der Waals surface area contributed by atoms with Crippen LogP contribution in [0.15, 0.2) is 42.5 Å². The van der Waals surface area contributed by atoms with E-state index in [1.807, 2.05) is 70.2 Å². The quantitative estimate of drug-likeness (QED) is 0.492. The van der Waals surface area contributed by atoms with Gasteiger partial charge in [-0.1, -0.05) is 25.1 Å². The molecule has 2 aliphatic rings. The van der Waals surface area contributed by atoms with E-state index < -0.39 is 23.5 Å². The Kier molecular flexibility index (Phi) is 8.35. The molecular weight excluding hydrogens is 488 g/mol. The third-order valence-electron chi connectivity index (χ3n) is 6.97. The first-order valence-corrected chi connectivity index (χ1v) is 13.1. The average Bonchev–Trinajstić information content (AvgIpc) is 3.49. The normalized spacial score (nSPS) is 20.8. The van der Waals surface area contributed by atoms with E-state index in [4.69, 9.17) is 18.9 Å². The summed E-state index contributed by atoms with van der Waals surface area (Å²) in [5.41, 5.74) is 1.18. The molecule has 0 bridgehead atoms. The van der Waals surface area contributed by atoms with Gasteiger partial charge in [0.2, 0.25) is 6.79 Å². The highest BCUT2D eigenvalue weighted by Gasteiger charge is 2.47. The molecule has 3 atom stereocenters. The van der Waals surface area contributed by atoms with Crippen molar-refractivity contribution in [2.45, 2.75) is 51.7 Å². The first-order valence-electron chi connectivity index (χ1n) is 13.1. The minimum Gasteiger partial charge on any atom is -0.497 e. The summed E-state index contributed by atoms with van der Waals surface area (Å²) in [7, 11) is 1.60. The smallest absolute Gasteiger partial charge is 0.410 e. The standard InChI is InChI=1S/C29H38N2O7/c1-6-13-30(28(34)38-29(2,3)4)14-15-31-17-22(20-9-12-23-24(16-20)37-18-36-23)25(27(32)33)26(31)19-7-10-21(35-5)11-8-19/h7-12,16,22,25-26H,6,13-15,17-18H2,1-5H3,(H,32,33). The van der Waals surface area contributed by atoms with Crippen molar-refractivity contribution < 1.29 is 33.6 Å². The number of amides is 1. The Morgan fingerprint density at radius 1 is 1.05 bits per heavy atom. The molecule has 1 N–H and O–H groups in total. The molecule has 9 nitrogen and oxygen atoms in total. The van der Waals surface area contributed by atoms with Gasteiger partial charge in [0.25, 0.3) is 0 Å². The molecule has 2 heterocycles. The van der Waals surface area contributed by atoms with Gasteiger partial charge in [0.05, 0.1) is 13.0 Å². The Balaban J connectivity index is 1.64. The number of ether oxygens (including phenoxy) is 4. The fourth-order valence-corrected chi connectivity index (χ4v) is 5.28. The molecule has 1 saturated heterocycles. The van der Waals surface area contributed by atoms with E-state index in [0.29, 0.717) is 43.4 Å². The summed E-state index contributed by atoms with van der Waals surface area (Å²) in [6.07, 6.45) is 0.431. The van der Waals surface area contributed by atoms with Crippen LogP contribution in [0.2, 0.25) is 0 Å². The monoisotopic (exact) mass is 526 g/mol. The topological polar surface area (TPSA) is 97.8 Å². The van der Waals surface area contributed by atoms with Crippen molar-refractivity contribution in [2.75, 3.05) is 40.1 Å². The van der Waals surface area contributed by atoms with Crippen molar-refractivity contribution in [3.05, 3.63) is 53.6 Å². The summed E-state index contributed by atoms with van der Waals surface area (Å²) < 4.78 is 22.0. The minimum atomic E-state index is -0.867. The van der Waals surface area contributed by atoms with E-state index in [0.717, 1.165) is 17.5 Å². The number of rotatable bonds is 9. The number of carbonyl (C=O) groups excluding carboxylic acids is 1. The summed E-state index contributed by atoms with van der Waals surface area (Å²) in [4.78, 5) is 29.6. The van der Waals surface area contributed by atoms with E-state index >= 15 is 0 Å². The molecule has 2 aromatic rings. The van der Waals surface area contributed by atoms with Crippen molar-refractivity contribution in [1.82, 2.24) is 9.80 Å². The fourth-order valence-electron chi connectivity index (χ4n) is 5.28. The highest BCUT2D eigenvalue weighted by atomic mass is 16.7. The maximum Gasteiger partial charge on any atom is 0.410 e. The zero-order valence-electron chi connectivity index (χ0n) is 22.8.